The van der Waals surface area contributed by atoms with Crippen LogP contribution in [0.2, 0.25) is 5.02 Å². The van der Waals surface area contributed by atoms with Crippen LogP contribution in [0.25, 0.3) is 0 Å². The summed E-state index contributed by atoms with van der Waals surface area (Å²) in [5.41, 5.74) is 3.01. The topological polar surface area (TPSA) is 116 Å². The molecular formula is C30H36ClN3O6S. The number of piperidine rings is 1. The number of nitrogens with one attached hydrogen (secondary N) is 1. The maximum atomic E-state index is 13.4. The monoisotopic (exact) mass is 601 g/mol. The summed E-state index contributed by atoms with van der Waals surface area (Å²) in [6.07, 6.45) is 6.04. The molecule has 0 radical (unpaired) electrons. The highest BCUT2D eigenvalue weighted by atomic mass is 35.5. The number of sulfonamides is 1. The zero-order valence-corrected chi connectivity index (χ0v) is 24.6. The molecule has 4 aliphatic rings. The number of amides is 2. The Labute approximate surface area is 245 Å². The van der Waals surface area contributed by atoms with Crippen LogP contribution in [0.1, 0.15) is 56.1 Å². The van der Waals surface area contributed by atoms with Gasteiger partial charge in [0.25, 0.3) is 10.0 Å². The quantitative estimate of drug-likeness (QED) is 0.505. The van der Waals surface area contributed by atoms with Gasteiger partial charge in [-0.1, -0.05) is 24.1 Å². The molecule has 1 spiro atoms. The normalized spacial score (nSPS) is 23.1. The number of ether oxygens (including phenoxy) is 1. The molecule has 0 bridgehead atoms. The van der Waals surface area contributed by atoms with Gasteiger partial charge >= 0.3 is 6.09 Å². The van der Waals surface area contributed by atoms with Gasteiger partial charge in [0.15, 0.2) is 0 Å². The number of hydrogen-bond acceptors (Lipinski definition) is 6. The van der Waals surface area contributed by atoms with E-state index in [-0.39, 0.29) is 36.2 Å². The molecule has 1 atom stereocenters. The second kappa shape index (κ2) is 11.0. The lowest BCUT2D eigenvalue weighted by Gasteiger charge is -2.42. The molecular weight excluding hydrogens is 566 g/mol. The predicted octanol–water partition coefficient (Wildman–Crippen LogP) is 4.81. The molecule has 2 heterocycles. The standard InChI is InChI=1S/C30H36ClN3O6S/c31-23-6-8-25-22(15-23)5-2-12-30(25)18-34(17-20-3-1-4-20)26-16-24(7-9-27(26)40-19-30)41(38,39)32-28(35)21-10-13-33(14-11-21)29(36)37/h6-9,15-16,20-21H,1-5,10-14,17-19H2,(H,32,35)(H,36,37). The number of hydrogen-bond donors (Lipinski definition) is 2. The first-order valence-corrected chi connectivity index (χ1v) is 16.3. The van der Waals surface area contributed by atoms with E-state index in [4.69, 9.17) is 21.4 Å². The SMILES string of the molecule is O=C(NS(=O)(=O)c1ccc2c(c1)N(CC1CCC1)CC1(CCCc3cc(Cl)ccc31)CO2)C1CCN(C(=O)O)CC1. The molecule has 2 aromatic carbocycles. The average Bonchev–Trinajstić information content (AvgIpc) is 3.07. The van der Waals surface area contributed by atoms with Crippen LogP contribution in [-0.2, 0) is 26.7 Å². The van der Waals surface area contributed by atoms with Crippen LogP contribution >= 0.6 is 11.6 Å². The van der Waals surface area contributed by atoms with Gasteiger partial charge in [0, 0.05) is 42.5 Å². The van der Waals surface area contributed by atoms with Crippen molar-refractivity contribution in [2.75, 3.05) is 37.7 Å². The van der Waals surface area contributed by atoms with Gasteiger partial charge in [0.1, 0.15) is 5.75 Å². The number of aryl methyl sites for hydroxylation is 1. The summed E-state index contributed by atoms with van der Waals surface area (Å²) in [7, 11) is -4.14. The summed E-state index contributed by atoms with van der Waals surface area (Å²) in [4.78, 5) is 27.7. The third-order valence-electron chi connectivity index (χ3n) is 9.39. The summed E-state index contributed by atoms with van der Waals surface area (Å²) >= 11 is 6.34. The minimum absolute atomic E-state index is 0.0153. The van der Waals surface area contributed by atoms with E-state index in [2.05, 4.69) is 21.8 Å². The van der Waals surface area contributed by atoms with Crippen LogP contribution in [-0.4, -0.2) is 63.2 Å². The van der Waals surface area contributed by atoms with Gasteiger partial charge in [-0.2, -0.15) is 0 Å². The zero-order valence-electron chi connectivity index (χ0n) is 23.0. The lowest BCUT2D eigenvalue weighted by atomic mass is 9.70. The second-order valence-corrected chi connectivity index (χ2v) is 14.2. The molecule has 220 valence electrons. The molecule has 41 heavy (non-hydrogen) atoms. The molecule has 2 aliphatic carbocycles. The first-order valence-electron chi connectivity index (χ1n) is 14.5. The van der Waals surface area contributed by atoms with Crippen molar-refractivity contribution in [3.63, 3.8) is 0 Å². The molecule has 2 aromatic rings. The Morgan fingerprint density at radius 2 is 1.85 bits per heavy atom. The fourth-order valence-corrected chi connectivity index (χ4v) is 8.11. The summed E-state index contributed by atoms with van der Waals surface area (Å²) in [6, 6.07) is 11.0. The van der Waals surface area contributed by atoms with Crippen LogP contribution in [0, 0.1) is 11.8 Å². The van der Waals surface area contributed by atoms with Crippen LogP contribution in [0.4, 0.5) is 10.5 Å². The van der Waals surface area contributed by atoms with Crippen molar-refractivity contribution in [2.45, 2.75) is 61.7 Å². The zero-order chi connectivity index (χ0) is 28.8. The highest BCUT2D eigenvalue weighted by Crippen LogP contribution is 2.45. The molecule has 2 fully saturated rings. The number of rotatable bonds is 5. The molecule has 1 unspecified atom stereocenters. The second-order valence-electron chi connectivity index (χ2n) is 12.0. The van der Waals surface area contributed by atoms with E-state index in [0.29, 0.717) is 24.8 Å². The average molecular weight is 602 g/mol. The van der Waals surface area contributed by atoms with E-state index in [0.717, 1.165) is 49.4 Å². The number of fused-ring (bicyclic) bond motifs is 3. The fraction of sp³-hybridized carbons (Fsp3) is 0.533. The predicted molar refractivity (Wildman–Crippen MR) is 155 cm³/mol. The van der Waals surface area contributed by atoms with Gasteiger partial charge in [0.2, 0.25) is 5.91 Å². The molecule has 2 N–H and O–H groups in total. The number of anilines is 1. The van der Waals surface area contributed by atoms with E-state index in [9.17, 15) is 18.0 Å². The summed E-state index contributed by atoms with van der Waals surface area (Å²) in [6.45, 7) is 2.43. The Hall–Kier alpha value is -2.98. The van der Waals surface area contributed by atoms with Crippen molar-refractivity contribution in [3.8, 4) is 5.75 Å². The minimum atomic E-state index is -4.14. The first-order chi connectivity index (χ1) is 19.6. The molecule has 9 nitrogen and oxygen atoms in total. The number of benzene rings is 2. The molecule has 1 saturated heterocycles. The number of carboxylic acid groups (broad SMARTS) is 1. The van der Waals surface area contributed by atoms with Crippen molar-refractivity contribution >= 4 is 39.3 Å². The van der Waals surface area contributed by atoms with E-state index in [1.54, 1.807) is 12.1 Å². The number of carbonyl (C=O) groups is 2. The van der Waals surface area contributed by atoms with Crippen LogP contribution in [0.15, 0.2) is 41.3 Å². The number of likely N-dealkylation sites (tertiary alicyclic amines) is 1. The highest BCUT2D eigenvalue weighted by Gasteiger charge is 2.42. The van der Waals surface area contributed by atoms with Crippen molar-refractivity contribution in [2.24, 2.45) is 11.8 Å². The van der Waals surface area contributed by atoms with Gasteiger partial charge in [-0.15, -0.1) is 0 Å². The third kappa shape index (κ3) is 5.60. The maximum absolute atomic E-state index is 13.4. The Balaban J connectivity index is 1.27. The van der Waals surface area contributed by atoms with E-state index in [1.165, 1.54) is 28.5 Å². The van der Waals surface area contributed by atoms with E-state index < -0.39 is 27.9 Å². The van der Waals surface area contributed by atoms with Gasteiger partial charge in [0.05, 0.1) is 17.2 Å². The Kier molecular flexibility index (Phi) is 7.57. The van der Waals surface area contributed by atoms with Crippen LogP contribution < -0.4 is 14.4 Å². The Morgan fingerprint density at radius 1 is 1.07 bits per heavy atom. The molecule has 6 rings (SSSR count). The van der Waals surface area contributed by atoms with Gasteiger partial charge < -0.3 is 19.6 Å². The highest BCUT2D eigenvalue weighted by molar-refractivity contribution is 7.90. The number of carbonyl (C=O) groups excluding carboxylic acids is 1. The number of nitrogens with zero attached hydrogens (tertiary/aromatic N) is 2. The maximum Gasteiger partial charge on any atom is 0.407 e. The van der Waals surface area contributed by atoms with Crippen LogP contribution in [0.5, 0.6) is 5.75 Å². The lowest BCUT2D eigenvalue weighted by molar-refractivity contribution is -0.124. The van der Waals surface area contributed by atoms with Gasteiger partial charge in [-0.05, 0) is 92.3 Å². The fourth-order valence-electron chi connectivity index (χ4n) is 6.86. The Bertz CT molecular complexity index is 1450. The summed E-state index contributed by atoms with van der Waals surface area (Å²) in [5, 5.41) is 9.89. The van der Waals surface area contributed by atoms with Crippen molar-refractivity contribution in [1.29, 1.82) is 0 Å². The van der Waals surface area contributed by atoms with Crippen LogP contribution in [0.3, 0.4) is 0 Å². The first kappa shape index (κ1) is 28.2. The summed E-state index contributed by atoms with van der Waals surface area (Å²) in [5.74, 6) is 0.0416. The minimum Gasteiger partial charge on any atom is -0.490 e. The van der Waals surface area contributed by atoms with Gasteiger partial charge in [-0.3, -0.25) is 4.79 Å². The Morgan fingerprint density at radius 3 is 2.56 bits per heavy atom. The molecule has 11 heteroatoms. The molecule has 2 amide bonds. The lowest BCUT2D eigenvalue weighted by Crippen LogP contribution is -2.47. The van der Waals surface area contributed by atoms with E-state index in [1.807, 2.05) is 6.07 Å². The van der Waals surface area contributed by atoms with Crippen molar-refractivity contribution < 1.29 is 27.9 Å². The largest absolute Gasteiger partial charge is 0.490 e. The molecule has 2 aliphatic heterocycles. The van der Waals surface area contributed by atoms with Crippen molar-refractivity contribution in [3.05, 3.63) is 52.5 Å². The smallest absolute Gasteiger partial charge is 0.407 e. The molecule has 0 aromatic heterocycles. The van der Waals surface area contributed by atoms with Gasteiger partial charge in [-0.25, -0.2) is 17.9 Å². The van der Waals surface area contributed by atoms with Crippen molar-refractivity contribution in [1.82, 2.24) is 9.62 Å². The molecule has 1 saturated carbocycles. The summed E-state index contributed by atoms with van der Waals surface area (Å²) < 4.78 is 35.5. The van der Waals surface area contributed by atoms with E-state index >= 15 is 0 Å². The third-order valence-corrected chi connectivity index (χ3v) is 11.0. The number of halogens is 1.